The summed E-state index contributed by atoms with van der Waals surface area (Å²) in [5, 5.41) is -0.173. The summed E-state index contributed by atoms with van der Waals surface area (Å²) in [4.78, 5) is 32.2. The zero-order valence-corrected chi connectivity index (χ0v) is 16.7. The second-order valence-corrected chi connectivity index (χ2v) is 8.08. The first-order chi connectivity index (χ1) is 13.4. The minimum absolute atomic E-state index is 0.00149. The van der Waals surface area contributed by atoms with Crippen molar-refractivity contribution in [2.24, 2.45) is 0 Å². The largest absolute Gasteiger partial charge is 0.443 e. The lowest BCUT2D eigenvalue weighted by molar-refractivity contribution is -0.313. The van der Waals surface area contributed by atoms with Crippen LogP contribution in [0, 0.1) is 0 Å². The van der Waals surface area contributed by atoms with Crippen LogP contribution in [-0.4, -0.2) is 72.7 Å². The van der Waals surface area contributed by atoms with Gasteiger partial charge in [-0.3, -0.25) is 9.59 Å². The van der Waals surface area contributed by atoms with E-state index < -0.39 is 30.8 Å². The van der Waals surface area contributed by atoms with E-state index >= 15 is 0 Å². The summed E-state index contributed by atoms with van der Waals surface area (Å²) in [6.45, 7) is 3.62. The highest BCUT2D eigenvalue weighted by atomic mass is 32.2. The van der Waals surface area contributed by atoms with Gasteiger partial charge in [0.1, 0.15) is 12.6 Å². The Balaban J connectivity index is 4.42. The number of esters is 1. The lowest BCUT2D eigenvalue weighted by atomic mass is 10.3. The maximum absolute atomic E-state index is 12.3. The van der Waals surface area contributed by atoms with Gasteiger partial charge in [-0.05, 0) is 0 Å². The molecule has 0 N–H and O–H groups in total. The molecule has 0 rings (SSSR count). The van der Waals surface area contributed by atoms with Crippen molar-refractivity contribution in [3.05, 3.63) is 12.2 Å². The molecule has 13 heteroatoms. The van der Waals surface area contributed by atoms with Crippen molar-refractivity contribution in [2.75, 3.05) is 30.5 Å². The molecule has 1 atom stereocenters. The van der Waals surface area contributed by atoms with Crippen LogP contribution in [0.25, 0.3) is 0 Å². The molecule has 1 unspecified atom stereocenters. The summed E-state index contributed by atoms with van der Waals surface area (Å²) in [6.07, 6.45) is -14.7. The topological polar surface area (TPSA) is 69.7 Å². The second kappa shape index (κ2) is 13.9. The second-order valence-electron chi connectivity index (χ2n) is 5.52. The Morgan fingerprint density at radius 2 is 1.69 bits per heavy atom. The molecule has 0 aliphatic rings. The Morgan fingerprint density at radius 3 is 2.21 bits per heavy atom. The fraction of sp³-hybridized carbons (Fsp3) is 0.688. The molecular weight excluding hydrogens is 450 g/mol. The summed E-state index contributed by atoms with van der Waals surface area (Å²) in [5.41, 5.74) is 0.223. The lowest BCUT2D eigenvalue weighted by Gasteiger charge is -2.22. The van der Waals surface area contributed by atoms with E-state index in [0.717, 1.165) is 18.0 Å². The highest BCUT2D eigenvalue weighted by Gasteiger charge is 2.59. The quantitative estimate of drug-likeness (QED) is 0.119. The molecule has 0 aromatic rings. The van der Waals surface area contributed by atoms with Crippen LogP contribution in [-0.2, 0) is 23.9 Å². The number of alkyl halides is 6. The van der Waals surface area contributed by atoms with E-state index in [-0.39, 0.29) is 36.2 Å². The van der Waals surface area contributed by atoms with E-state index in [1.54, 1.807) is 0 Å². The Morgan fingerprint density at radius 1 is 1.07 bits per heavy atom. The molecule has 0 radical (unpaired) electrons. The normalized spacial score (nSPS) is 13.2. The third-order valence-corrected chi connectivity index (χ3v) is 5.53. The van der Waals surface area contributed by atoms with Crippen molar-refractivity contribution in [1.29, 1.82) is 0 Å². The van der Waals surface area contributed by atoms with Crippen molar-refractivity contribution >= 4 is 42.1 Å². The van der Waals surface area contributed by atoms with Crippen LogP contribution >= 0.6 is 23.5 Å². The molecule has 0 aromatic heterocycles. The number of hydrogen-bond acceptors (Lipinski definition) is 7. The SMILES string of the molecule is C=C(C=O)COCC(CSCCC(=O)OC(C(F)(F)F)C(F)(F)F)SCCC=O. The van der Waals surface area contributed by atoms with Crippen LogP contribution in [0.5, 0.6) is 0 Å². The smallest absolute Gasteiger partial charge is 0.434 e. The molecule has 0 aliphatic carbocycles. The summed E-state index contributed by atoms with van der Waals surface area (Å²) in [7, 11) is 0. The molecule has 0 amide bonds. The number of halogens is 6. The highest BCUT2D eigenvalue weighted by Crippen LogP contribution is 2.36. The molecule has 5 nitrogen and oxygen atoms in total. The van der Waals surface area contributed by atoms with Crippen molar-refractivity contribution in [3.63, 3.8) is 0 Å². The summed E-state index contributed by atoms with van der Waals surface area (Å²) >= 11 is 2.48. The van der Waals surface area contributed by atoms with Gasteiger partial charge in [0.05, 0.1) is 19.6 Å². The van der Waals surface area contributed by atoms with E-state index in [9.17, 15) is 40.7 Å². The Labute approximate surface area is 171 Å². The maximum atomic E-state index is 12.3. The fourth-order valence-electron chi connectivity index (χ4n) is 1.66. The third-order valence-electron chi connectivity index (χ3n) is 2.95. The first-order valence-electron chi connectivity index (χ1n) is 8.08. The van der Waals surface area contributed by atoms with Gasteiger partial charge in [-0.25, -0.2) is 0 Å². The standard InChI is InChI=1S/C16H20F6O5S2/c1-11(7-24)8-26-9-12(29-5-2-4-23)10-28-6-3-13(25)27-14(15(17,18)19)16(20,21)22/h4,7,12,14H,1-3,5-6,8-10H2. The maximum Gasteiger partial charge on any atom is 0.434 e. The van der Waals surface area contributed by atoms with Gasteiger partial charge in [-0.2, -0.15) is 49.9 Å². The van der Waals surface area contributed by atoms with Crippen molar-refractivity contribution in [3.8, 4) is 0 Å². The van der Waals surface area contributed by atoms with Gasteiger partial charge < -0.3 is 14.3 Å². The van der Waals surface area contributed by atoms with E-state index in [4.69, 9.17) is 4.74 Å². The number of thioether (sulfide) groups is 2. The molecule has 0 spiro atoms. The summed E-state index contributed by atoms with van der Waals surface area (Å²) < 4.78 is 82.9. The molecular formula is C16H20F6O5S2. The van der Waals surface area contributed by atoms with Crippen LogP contribution in [0.15, 0.2) is 12.2 Å². The summed E-state index contributed by atoms with van der Waals surface area (Å²) in [6, 6.07) is 0. The van der Waals surface area contributed by atoms with Crippen LogP contribution < -0.4 is 0 Å². The number of hydrogen-bond donors (Lipinski definition) is 0. The molecule has 0 saturated heterocycles. The number of carbonyl (C=O) groups excluding carboxylic acids is 3. The van der Waals surface area contributed by atoms with Crippen LogP contribution in [0.4, 0.5) is 26.3 Å². The minimum Gasteiger partial charge on any atom is -0.443 e. The van der Waals surface area contributed by atoms with Crippen LogP contribution in [0.3, 0.4) is 0 Å². The molecule has 0 saturated carbocycles. The summed E-state index contributed by atoms with van der Waals surface area (Å²) in [5.74, 6) is -0.840. The Hall–Kier alpha value is -1.21. The van der Waals surface area contributed by atoms with Gasteiger partial charge in [0, 0.05) is 34.5 Å². The van der Waals surface area contributed by atoms with Gasteiger partial charge in [-0.1, -0.05) is 6.58 Å². The van der Waals surface area contributed by atoms with Crippen LogP contribution in [0.2, 0.25) is 0 Å². The van der Waals surface area contributed by atoms with Gasteiger partial charge in [0.2, 0.25) is 0 Å². The van der Waals surface area contributed by atoms with Crippen molar-refractivity contribution in [1.82, 2.24) is 0 Å². The van der Waals surface area contributed by atoms with E-state index in [1.165, 1.54) is 11.8 Å². The van der Waals surface area contributed by atoms with Crippen molar-refractivity contribution in [2.45, 2.75) is 36.5 Å². The predicted molar refractivity (Wildman–Crippen MR) is 96.9 cm³/mol. The lowest BCUT2D eigenvalue weighted by Crippen LogP contribution is -2.45. The number of aldehydes is 2. The molecule has 0 bridgehead atoms. The number of rotatable bonds is 15. The molecule has 168 valence electrons. The zero-order chi connectivity index (χ0) is 22.5. The van der Waals surface area contributed by atoms with Gasteiger partial charge in [0.15, 0.2) is 0 Å². The van der Waals surface area contributed by atoms with Gasteiger partial charge in [0.25, 0.3) is 6.10 Å². The van der Waals surface area contributed by atoms with E-state index in [1.807, 2.05) is 0 Å². The first-order valence-corrected chi connectivity index (χ1v) is 10.3. The van der Waals surface area contributed by atoms with Crippen molar-refractivity contribution < 1.29 is 50.2 Å². The molecule has 29 heavy (non-hydrogen) atoms. The number of ether oxygens (including phenoxy) is 2. The van der Waals surface area contributed by atoms with Crippen LogP contribution in [0.1, 0.15) is 12.8 Å². The van der Waals surface area contributed by atoms with E-state index in [2.05, 4.69) is 11.3 Å². The average Bonchev–Trinajstić information content (AvgIpc) is 2.60. The monoisotopic (exact) mass is 470 g/mol. The fourth-order valence-corrected chi connectivity index (χ4v) is 3.93. The third kappa shape index (κ3) is 13.6. The average molecular weight is 470 g/mol. The van der Waals surface area contributed by atoms with Gasteiger partial charge >= 0.3 is 18.3 Å². The Bertz CT molecular complexity index is 525. The molecule has 0 heterocycles. The molecule has 0 fully saturated rings. The van der Waals surface area contributed by atoms with E-state index in [0.29, 0.717) is 17.8 Å². The van der Waals surface area contributed by atoms with Gasteiger partial charge in [-0.15, -0.1) is 0 Å². The number of carbonyl (C=O) groups is 3. The molecule has 0 aliphatic heterocycles. The first kappa shape index (κ1) is 27.8. The Kier molecular flexibility index (Phi) is 13.3. The zero-order valence-electron chi connectivity index (χ0n) is 15.1. The highest BCUT2D eigenvalue weighted by molar-refractivity contribution is 8.03. The molecule has 0 aromatic carbocycles. The minimum atomic E-state index is -5.75. The predicted octanol–water partition coefficient (Wildman–Crippen LogP) is 3.61.